The number of hydrogen-bond donors (Lipinski definition) is 1. The summed E-state index contributed by atoms with van der Waals surface area (Å²) < 4.78 is 6.31. The summed E-state index contributed by atoms with van der Waals surface area (Å²) in [6, 6.07) is 6.46. The van der Waals surface area contributed by atoms with E-state index < -0.39 is 0 Å². The Morgan fingerprint density at radius 2 is 1.89 bits per heavy atom. The highest BCUT2D eigenvalue weighted by molar-refractivity contribution is 9.10. The van der Waals surface area contributed by atoms with E-state index in [-0.39, 0.29) is 0 Å². The number of nitrogens with zero attached hydrogens (tertiary/aromatic N) is 2. The van der Waals surface area contributed by atoms with Crippen LogP contribution >= 0.6 is 15.9 Å². The molecule has 0 spiro atoms. The molecule has 4 nitrogen and oxygen atoms in total. The maximum absolute atomic E-state index is 5.17. The van der Waals surface area contributed by atoms with Crippen LogP contribution in [0.3, 0.4) is 0 Å². The zero-order chi connectivity index (χ0) is 20.9. The Morgan fingerprint density at radius 3 is 2.57 bits per heavy atom. The topological polar surface area (TPSA) is 40.6 Å². The number of fused-ring (bicyclic) bond motifs is 3. The molecule has 2 aromatic rings. The number of ether oxygens (including phenoxy) is 1. The van der Waals surface area contributed by atoms with Crippen LogP contribution in [0.5, 0.6) is 0 Å². The molecule has 0 atom stereocenters. The van der Waals surface area contributed by atoms with E-state index in [1.54, 1.807) is 7.11 Å². The minimum Gasteiger partial charge on any atom is -0.383 e. The second-order valence-corrected chi connectivity index (χ2v) is 7.19. The quantitative estimate of drug-likeness (QED) is 0.553. The van der Waals surface area contributed by atoms with Crippen molar-refractivity contribution in [3.63, 3.8) is 0 Å². The Bertz CT molecular complexity index is 724. The zero-order valence-corrected chi connectivity index (χ0v) is 20.2. The van der Waals surface area contributed by atoms with Crippen LogP contribution in [0, 0.1) is 0 Å². The average molecular weight is 452 g/mol. The van der Waals surface area contributed by atoms with Gasteiger partial charge in [-0.05, 0) is 49.6 Å². The summed E-state index contributed by atoms with van der Waals surface area (Å²) in [6.07, 6.45) is 3.40. The van der Waals surface area contributed by atoms with Gasteiger partial charge in [0.1, 0.15) is 0 Å². The van der Waals surface area contributed by atoms with Gasteiger partial charge in [0.05, 0.1) is 24.6 Å². The van der Waals surface area contributed by atoms with Gasteiger partial charge in [-0.25, -0.2) is 0 Å². The van der Waals surface area contributed by atoms with Gasteiger partial charge < -0.3 is 9.72 Å². The lowest BCUT2D eigenvalue weighted by molar-refractivity contribution is 0.152. The van der Waals surface area contributed by atoms with Crippen molar-refractivity contribution in [3.8, 4) is 0 Å². The first-order chi connectivity index (χ1) is 13.7. The van der Waals surface area contributed by atoms with E-state index in [0.717, 1.165) is 50.1 Å². The van der Waals surface area contributed by atoms with Crippen LogP contribution in [0.15, 0.2) is 27.7 Å². The van der Waals surface area contributed by atoms with E-state index in [9.17, 15) is 0 Å². The Labute approximate surface area is 179 Å². The summed E-state index contributed by atoms with van der Waals surface area (Å²) in [5.41, 5.74) is 5.15. The molecule has 0 aliphatic heterocycles. The van der Waals surface area contributed by atoms with E-state index in [0.29, 0.717) is 0 Å². The van der Waals surface area contributed by atoms with Crippen LogP contribution in [0.1, 0.15) is 58.7 Å². The fraction of sp³-hybridized carbons (Fsp3) is 0.609. The molecular formula is C23H38BrN3O. The van der Waals surface area contributed by atoms with Crippen LogP contribution in [0.25, 0.3) is 10.9 Å². The van der Waals surface area contributed by atoms with Gasteiger partial charge in [-0.1, -0.05) is 50.5 Å². The van der Waals surface area contributed by atoms with Gasteiger partial charge in [0, 0.05) is 35.6 Å². The Balaban J connectivity index is 0.000000921. The standard InChI is InChI=1S/C19H26BrN3O.2C2H6/c1-3-23(11-12-24-2)10-9-21-18-6-4-5-15-16-13-14(20)7-8-17(16)22-19(15)18;2*1-2/h7-8,13,22H,3-6,9-12H2,1-2H3;2*1-2H3. The molecule has 1 aliphatic rings. The number of benzene rings is 1. The van der Waals surface area contributed by atoms with E-state index in [4.69, 9.17) is 9.73 Å². The number of H-pyrrole nitrogens is 1. The molecule has 1 aliphatic carbocycles. The molecule has 3 rings (SSSR count). The minimum atomic E-state index is 0.783. The molecule has 0 fully saturated rings. The van der Waals surface area contributed by atoms with Gasteiger partial charge in [-0.2, -0.15) is 0 Å². The predicted molar refractivity (Wildman–Crippen MR) is 127 cm³/mol. The molecule has 0 unspecified atom stereocenters. The molecule has 1 N–H and O–H groups in total. The summed E-state index contributed by atoms with van der Waals surface area (Å²) >= 11 is 3.59. The number of aromatic amines is 1. The van der Waals surface area contributed by atoms with E-state index in [1.807, 2.05) is 27.7 Å². The highest BCUT2D eigenvalue weighted by atomic mass is 79.9. The van der Waals surface area contributed by atoms with Crippen LogP contribution in [-0.4, -0.2) is 55.5 Å². The minimum absolute atomic E-state index is 0.783. The summed E-state index contributed by atoms with van der Waals surface area (Å²) in [7, 11) is 1.76. The molecule has 5 heteroatoms. The van der Waals surface area contributed by atoms with Crippen molar-refractivity contribution >= 4 is 32.5 Å². The molecule has 1 heterocycles. The summed E-state index contributed by atoms with van der Waals surface area (Å²) in [6.45, 7) is 14.8. The molecule has 0 saturated carbocycles. The number of aliphatic imine (C=N–C) groups is 1. The Hall–Kier alpha value is -1.17. The van der Waals surface area contributed by atoms with Crippen molar-refractivity contribution in [1.82, 2.24) is 9.88 Å². The first-order valence-corrected chi connectivity index (χ1v) is 11.6. The third-order valence-corrected chi connectivity index (χ3v) is 5.27. The summed E-state index contributed by atoms with van der Waals surface area (Å²) in [4.78, 5) is 10.9. The lowest BCUT2D eigenvalue weighted by Gasteiger charge is -2.19. The molecular weight excluding hydrogens is 414 g/mol. The average Bonchev–Trinajstić information content (AvgIpc) is 3.12. The van der Waals surface area contributed by atoms with E-state index in [1.165, 1.54) is 34.3 Å². The fourth-order valence-electron chi connectivity index (χ4n) is 3.42. The van der Waals surface area contributed by atoms with Gasteiger partial charge >= 0.3 is 0 Å². The molecule has 1 aromatic heterocycles. The van der Waals surface area contributed by atoms with Gasteiger partial charge in [0.15, 0.2) is 0 Å². The molecule has 0 saturated heterocycles. The lowest BCUT2D eigenvalue weighted by Crippen LogP contribution is -2.30. The first kappa shape index (κ1) is 24.9. The van der Waals surface area contributed by atoms with Crippen molar-refractivity contribution in [2.24, 2.45) is 4.99 Å². The number of methoxy groups -OCH3 is 1. The van der Waals surface area contributed by atoms with Crippen molar-refractivity contribution < 1.29 is 4.74 Å². The molecule has 158 valence electrons. The number of rotatable bonds is 7. The molecule has 0 amide bonds. The van der Waals surface area contributed by atoms with Crippen LogP contribution in [0.4, 0.5) is 0 Å². The molecule has 0 radical (unpaired) electrons. The predicted octanol–water partition coefficient (Wildman–Crippen LogP) is 6.08. The van der Waals surface area contributed by atoms with Crippen LogP contribution in [0.2, 0.25) is 0 Å². The number of aromatic nitrogens is 1. The van der Waals surface area contributed by atoms with Crippen molar-refractivity contribution in [3.05, 3.63) is 33.9 Å². The van der Waals surface area contributed by atoms with Crippen molar-refractivity contribution in [2.75, 3.05) is 39.9 Å². The number of halogens is 1. The van der Waals surface area contributed by atoms with Gasteiger partial charge in [-0.3, -0.25) is 9.89 Å². The molecule has 1 aromatic carbocycles. The number of aryl methyl sites for hydroxylation is 1. The van der Waals surface area contributed by atoms with Gasteiger partial charge in [0.25, 0.3) is 0 Å². The SMILES string of the molecule is CC.CC.CCN(CCN=C1CCCc2c1[nH]c1ccc(Br)cc21)CCOC. The van der Waals surface area contributed by atoms with Crippen molar-refractivity contribution in [2.45, 2.75) is 53.9 Å². The fourth-order valence-corrected chi connectivity index (χ4v) is 3.78. The highest BCUT2D eigenvalue weighted by Gasteiger charge is 2.20. The van der Waals surface area contributed by atoms with E-state index >= 15 is 0 Å². The maximum atomic E-state index is 5.17. The third-order valence-electron chi connectivity index (χ3n) is 4.77. The number of hydrogen-bond acceptors (Lipinski definition) is 3. The Kier molecular flexibility index (Phi) is 12.4. The van der Waals surface area contributed by atoms with E-state index in [2.05, 4.69) is 50.9 Å². The number of nitrogens with one attached hydrogen (secondary N) is 1. The molecule has 28 heavy (non-hydrogen) atoms. The zero-order valence-electron chi connectivity index (χ0n) is 18.6. The summed E-state index contributed by atoms with van der Waals surface area (Å²) in [5, 5.41) is 1.34. The molecule has 0 bridgehead atoms. The first-order valence-electron chi connectivity index (χ1n) is 10.8. The normalized spacial score (nSPS) is 14.4. The Morgan fingerprint density at radius 1 is 1.14 bits per heavy atom. The van der Waals surface area contributed by atoms with Crippen LogP contribution in [-0.2, 0) is 11.2 Å². The number of likely N-dealkylation sites (N-methyl/N-ethyl adjacent to an activating group) is 1. The summed E-state index contributed by atoms with van der Waals surface area (Å²) in [5.74, 6) is 0. The monoisotopic (exact) mass is 451 g/mol. The second kappa shape index (κ2) is 13.9. The second-order valence-electron chi connectivity index (χ2n) is 6.28. The largest absolute Gasteiger partial charge is 0.383 e. The van der Waals surface area contributed by atoms with Crippen molar-refractivity contribution in [1.29, 1.82) is 0 Å². The lowest BCUT2D eigenvalue weighted by atomic mass is 9.94. The highest BCUT2D eigenvalue weighted by Crippen LogP contribution is 2.31. The third kappa shape index (κ3) is 6.71. The smallest absolute Gasteiger partial charge is 0.0637 e. The maximum Gasteiger partial charge on any atom is 0.0637 e. The van der Waals surface area contributed by atoms with Gasteiger partial charge in [0.2, 0.25) is 0 Å². The van der Waals surface area contributed by atoms with Gasteiger partial charge in [-0.15, -0.1) is 0 Å². The van der Waals surface area contributed by atoms with Crippen LogP contribution < -0.4 is 0 Å².